The predicted octanol–water partition coefficient (Wildman–Crippen LogP) is 2.32. The van der Waals surface area contributed by atoms with Crippen molar-refractivity contribution in [1.29, 1.82) is 0 Å². The van der Waals surface area contributed by atoms with Crippen LogP contribution in [0.5, 0.6) is 0 Å². The summed E-state index contributed by atoms with van der Waals surface area (Å²) in [5.74, 6) is -1.54. The number of hydrogen-bond donors (Lipinski definition) is 2. The number of thiazole rings is 1. The van der Waals surface area contributed by atoms with Crippen LogP contribution >= 0.6 is 11.3 Å². The van der Waals surface area contributed by atoms with Crippen molar-refractivity contribution in [1.82, 2.24) is 9.88 Å². The average Bonchev–Trinajstić information content (AvgIpc) is 3.05. The number of carbonyl (C=O) groups excluding carboxylic acids is 1. The van der Waals surface area contributed by atoms with Gasteiger partial charge in [0.05, 0.1) is 29.3 Å². The van der Waals surface area contributed by atoms with Gasteiger partial charge in [-0.25, -0.2) is 9.78 Å². The maximum absolute atomic E-state index is 12.2. The molecule has 0 aliphatic carbocycles. The normalized spacial score (nSPS) is 15.7. The highest BCUT2D eigenvalue weighted by molar-refractivity contribution is 7.22. The highest BCUT2D eigenvalue weighted by Crippen LogP contribution is 2.31. The molecule has 8 nitrogen and oxygen atoms in total. The van der Waals surface area contributed by atoms with Gasteiger partial charge in [0, 0.05) is 32.4 Å². The fraction of sp³-hybridized carbons (Fsp3) is 0.471. The van der Waals surface area contributed by atoms with Crippen LogP contribution in [0.1, 0.15) is 6.92 Å². The number of nitrogens with zero attached hydrogens (tertiary/aromatic N) is 3. The third-order valence-corrected chi connectivity index (χ3v) is 5.30. The quantitative estimate of drug-likeness (QED) is 0.829. The summed E-state index contributed by atoms with van der Waals surface area (Å²) < 4.78 is 6.36. The third kappa shape index (κ3) is 4.23. The Bertz CT molecular complexity index is 803. The van der Waals surface area contributed by atoms with E-state index in [4.69, 9.17) is 9.84 Å². The molecule has 1 fully saturated rings. The van der Waals surface area contributed by atoms with Gasteiger partial charge in [0.25, 0.3) is 0 Å². The summed E-state index contributed by atoms with van der Waals surface area (Å²) in [6, 6.07) is 5.24. The van der Waals surface area contributed by atoms with Crippen LogP contribution in [0.25, 0.3) is 10.2 Å². The summed E-state index contributed by atoms with van der Waals surface area (Å²) in [5, 5.41) is 12.7. The number of amides is 2. The minimum absolute atomic E-state index is 0.144. The molecule has 0 spiro atoms. The first-order valence-electron chi connectivity index (χ1n) is 8.42. The standard InChI is InChI=1S/C17H22N4O4S/c1-11(15(22)23)10-20(2)16(24)18-12-3-4-13-14(9-12)26-17(19-13)21-5-7-25-8-6-21/h3-4,9,11H,5-8,10H2,1-2H3,(H,18,24)(H,22,23). The number of anilines is 2. The summed E-state index contributed by atoms with van der Waals surface area (Å²) >= 11 is 1.58. The molecule has 2 N–H and O–H groups in total. The van der Waals surface area contributed by atoms with Gasteiger partial charge < -0.3 is 25.0 Å². The number of rotatable bonds is 5. The van der Waals surface area contributed by atoms with Crippen LogP contribution in [-0.4, -0.2) is 66.9 Å². The number of hydrogen-bond acceptors (Lipinski definition) is 6. The van der Waals surface area contributed by atoms with Gasteiger partial charge in [-0.05, 0) is 18.2 Å². The SMILES string of the molecule is CC(CN(C)C(=O)Nc1ccc2nc(N3CCOCC3)sc2c1)C(=O)O. The first-order valence-corrected chi connectivity index (χ1v) is 9.24. The van der Waals surface area contributed by atoms with Gasteiger partial charge in [-0.15, -0.1) is 0 Å². The summed E-state index contributed by atoms with van der Waals surface area (Å²) in [5.41, 5.74) is 1.55. The van der Waals surface area contributed by atoms with Crippen molar-refractivity contribution in [2.75, 3.05) is 50.1 Å². The van der Waals surface area contributed by atoms with Crippen LogP contribution < -0.4 is 10.2 Å². The van der Waals surface area contributed by atoms with E-state index in [2.05, 4.69) is 15.2 Å². The lowest BCUT2D eigenvalue weighted by molar-refractivity contribution is -0.141. The van der Waals surface area contributed by atoms with Crippen molar-refractivity contribution >= 4 is 44.4 Å². The van der Waals surface area contributed by atoms with Gasteiger partial charge in [-0.3, -0.25) is 4.79 Å². The zero-order valence-corrected chi connectivity index (χ0v) is 15.6. The topological polar surface area (TPSA) is 95.0 Å². The Hall–Kier alpha value is -2.39. The molecule has 2 heterocycles. The molecule has 26 heavy (non-hydrogen) atoms. The molecule has 2 amide bonds. The molecule has 1 unspecified atom stereocenters. The van der Waals surface area contributed by atoms with Gasteiger partial charge in [0.2, 0.25) is 0 Å². The lowest BCUT2D eigenvalue weighted by Crippen LogP contribution is -2.36. The number of carboxylic acid groups (broad SMARTS) is 1. The van der Waals surface area contributed by atoms with Gasteiger partial charge in [0.15, 0.2) is 5.13 Å². The van der Waals surface area contributed by atoms with E-state index in [-0.39, 0.29) is 12.6 Å². The van der Waals surface area contributed by atoms with E-state index in [9.17, 15) is 9.59 Å². The summed E-state index contributed by atoms with van der Waals surface area (Å²) in [6.07, 6.45) is 0. The molecule has 0 saturated carbocycles. The molecule has 140 valence electrons. The van der Waals surface area contributed by atoms with E-state index in [0.717, 1.165) is 28.4 Å². The molecule has 1 aromatic carbocycles. The minimum Gasteiger partial charge on any atom is -0.481 e. The fourth-order valence-corrected chi connectivity index (χ4v) is 3.73. The fourth-order valence-electron chi connectivity index (χ4n) is 2.67. The molecular formula is C17H22N4O4S. The monoisotopic (exact) mass is 378 g/mol. The van der Waals surface area contributed by atoms with Crippen LogP contribution in [0, 0.1) is 5.92 Å². The second kappa shape index (κ2) is 7.88. The van der Waals surface area contributed by atoms with E-state index >= 15 is 0 Å². The zero-order chi connectivity index (χ0) is 18.7. The van der Waals surface area contributed by atoms with E-state index in [1.165, 1.54) is 4.90 Å². The molecule has 1 aliphatic rings. The molecule has 1 aromatic heterocycles. The van der Waals surface area contributed by atoms with E-state index in [1.807, 2.05) is 12.1 Å². The lowest BCUT2D eigenvalue weighted by Gasteiger charge is -2.25. The molecule has 1 saturated heterocycles. The molecule has 9 heteroatoms. The van der Waals surface area contributed by atoms with Gasteiger partial charge in [-0.2, -0.15) is 0 Å². The molecular weight excluding hydrogens is 356 g/mol. The van der Waals surface area contributed by atoms with Crippen molar-refractivity contribution in [3.05, 3.63) is 18.2 Å². The Balaban J connectivity index is 1.68. The lowest BCUT2D eigenvalue weighted by atomic mass is 10.2. The summed E-state index contributed by atoms with van der Waals surface area (Å²) in [7, 11) is 1.58. The van der Waals surface area contributed by atoms with Gasteiger partial charge in [0.1, 0.15) is 0 Å². The highest BCUT2D eigenvalue weighted by atomic mass is 32.1. The molecule has 0 bridgehead atoms. The average molecular weight is 378 g/mol. The van der Waals surface area contributed by atoms with Crippen LogP contribution in [0.2, 0.25) is 0 Å². The molecule has 0 radical (unpaired) electrons. The second-order valence-electron chi connectivity index (χ2n) is 6.33. The number of carboxylic acids is 1. The summed E-state index contributed by atoms with van der Waals surface area (Å²) in [4.78, 5) is 31.4. The predicted molar refractivity (Wildman–Crippen MR) is 101 cm³/mol. The van der Waals surface area contributed by atoms with Crippen LogP contribution in [0.15, 0.2) is 18.2 Å². The Morgan fingerprint density at radius 3 is 2.85 bits per heavy atom. The third-order valence-electron chi connectivity index (χ3n) is 4.23. The van der Waals surface area contributed by atoms with Crippen LogP contribution in [-0.2, 0) is 9.53 Å². The number of ether oxygens (including phenoxy) is 1. The Kier molecular flexibility index (Phi) is 5.58. The number of fused-ring (bicyclic) bond motifs is 1. The van der Waals surface area contributed by atoms with Crippen LogP contribution in [0.3, 0.4) is 0 Å². The molecule has 1 aliphatic heterocycles. The second-order valence-corrected chi connectivity index (χ2v) is 7.34. The number of morpholine rings is 1. The van der Waals surface area contributed by atoms with E-state index in [1.54, 1.807) is 31.4 Å². The number of urea groups is 1. The number of carbonyl (C=O) groups is 2. The Labute approximate surface area is 155 Å². The van der Waals surface area contributed by atoms with E-state index in [0.29, 0.717) is 18.9 Å². The largest absolute Gasteiger partial charge is 0.481 e. The maximum atomic E-state index is 12.2. The maximum Gasteiger partial charge on any atom is 0.321 e. The molecule has 3 rings (SSSR count). The molecule has 2 aromatic rings. The van der Waals surface area contributed by atoms with E-state index < -0.39 is 11.9 Å². The first kappa shape index (κ1) is 18.4. The van der Waals surface area contributed by atoms with Gasteiger partial charge in [-0.1, -0.05) is 18.3 Å². The number of aliphatic carboxylic acids is 1. The number of benzene rings is 1. The smallest absolute Gasteiger partial charge is 0.321 e. The van der Waals surface area contributed by atoms with Crippen molar-refractivity contribution in [3.63, 3.8) is 0 Å². The van der Waals surface area contributed by atoms with Crippen molar-refractivity contribution in [2.24, 2.45) is 5.92 Å². The number of aromatic nitrogens is 1. The minimum atomic E-state index is -0.925. The summed E-state index contributed by atoms with van der Waals surface area (Å²) in [6.45, 7) is 4.79. The first-order chi connectivity index (χ1) is 12.4. The molecule has 1 atom stereocenters. The number of nitrogens with one attached hydrogen (secondary N) is 1. The van der Waals surface area contributed by atoms with Crippen molar-refractivity contribution in [3.8, 4) is 0 Å². The highest BCUT2D eigenvalue weighted by Gasteiger charge is 2.18. The Morgan fingerprint density at radius 2 is 2.15 bits per heavy atom. The Morgan fingerprint density at radius 1 is 1.42 bits per heavy atom. The van der Waals surface area contributed by atoms with Crippen LogP contribution in [0.4, 0.5) is 15.6 Å². The zero-order valence-electron chi connectivity index (χ0n) is 14.8. The van der Waals surface area contributed by atoms with Crippen molar-refractivity contribution < 1.29 is 19.4 Å². The van der Waals surface area contributed by atoms with Gasteiger partial charge >= 0.3 is 12.0 Å². The van der Waals surface area contributed by atoms with Crippen molar-refractivity contribution in [2.45, 2.75) is 6.92 Å².